The van der Waals surface area contributed by atoms with E-state index in [9.17, 15) is 4.79 Å². The van der Waals surface area contributed by atoms with Gasteiger partial charge in [0.1, 0.15) is 0 Å². The molecule has 1 unspecified atom stereocenters. The molecule has 1 amide bonds. The number of rotatable bonds is 3. The molecule has 4 nitrogen and oxygen atoms in total. The molecule has 1 aromatic rings. The zero-order valence-corrected chi connectivity index (χ0v) is 11.7. The Labute approximate surface area is 115 Å². The monoisotopic (exact) mass is 262 g/mol. The van der Waals surface area contributed by atoms with E-state index in [0.29, 0.717) is 6.61 Å². The first kappa shape index (κ1) is 13.9. The van der Waals surface area contributed by atoms with Gasteiger partial charge in [0.05, 0.1) is 6.61 Å². The molecule has 19 heavy (non-hydrogen) atoms. The second-order valence-corrected chi connectivity index (χ2v) is 4.96. The molecule has 1 aliphatic rings. The first-order valence-electron chi connectivity index (χ1n) is 6.90. The highest BCUT2D eigenvalue weighted by Crippen LogP contribution is 2.14. The first-order valence-corrected chi connectivity index (χ1v) is 6.90. The van der Waals surface area contributed by atoms with E-state index in [4.69, 9.17) is 4.74 Å². The predicted octanol–water partition coefficient (Wildman–Crippen LogP) is 2.35. The minimum absolute atomic E-state index is 0.186. The minimum Gasteiger partial charge on any atom is -0.450 e. The molecule has 1 fully saturated rings. The molecule has 104 valence electrons. The zero-order chi connectivity index (χ0) is 13.7. The quantitative estimate of drug-likeness (QED) is 0.838. The van der Waals surface area contributed by atoms with Gasteiger partial charge in [-0.1, -0.05) is 30.3 Å². The molecular weight excluding hydrogens is 240 g/mol. The van der Waals surface area contributed by atoms with Gasteiger partial charge in [-0.05, 0) is 19.4 Å². The number of nitrogens with zero attached hydrogens (tertiary/aromatic N) is 2. The maximum absolute atomic E-state index is 11.8. The van der Waals surface area contributed by atoms with Gasteiger partial charge in [0, 0.05) is 32.2 Å². The van der Waals surface area contributed by atoms with E-state index in [1.165, 1.54) is 5.56 Å². The maximum Gasteiger partial charge on any atom is 0.410 e. The summed E-state index contributed by atoms with van der Waals surface area (Å²) < 4.78 is 5.07. The van der Waals surface area contributed by atoms with Crippen LogP contribution in [-0.4, -0.2) is 48.2 Å². The van der Waals surface area contributed by atoms with Crippen molar-refractivity contribution >= 4 is 6.09 Å². The second kappa shape index (κ2) is 6.57. The summed E-state index contributed by atoms with van der Waals surface area (Å²) in [6, 6.07) is 10.6. The van der Waals surface area contributed by atoms with E-state index in [1.807, 2.05) is 17.9 Å². The highest BCUT2D eigenvalue weighted by Gasteiger charge is 2.27. The molecule has 0 aromatic heterocycles. The first-order chi connectivity index (χ1) is 9.20. The molecular formula is C15H22N2O2. The van der Waals surface area contributed by atoms with Gasteiger partial charge >= 0.3 is 6.09 Å². The third-order valence-electron chi connectivity index (χ3n) is 3.46. The molecule has 1 atom stereocenters. The van der Waals surface area contributed by atoms with Crippen molar-refractivity contribution in [3.63, 3.8) is 0 Å². The number of benzene rings is 1. The highest BCUT2D eigenvalue weighted by atomic mass is 16.6. The average Bonchev–Trinajstić information content (AvgIpc) is 2.40. The van der Waals surface area contributed by atoms with Crippen molar-refractivity contribution in [2.45, 2.75) is 26.4 Å². The van der Waals surface area contributed by atoms with E-state index < -0.39 is 0 Å². The maximum atomic E-state index is 11.8. The standard InChI is InChI=1S/C15H22N2O2/c1-3-19-15(18)17-10-9-16(11-13(17)2)12-14-7-5-4-6-8-14/h4-8,13H,3,9-12H2,1-2H3. The van der Waals surface area contributed by atoms with Crippen LogP contribution in [0, 0.1) is 0 Å². The summed E-state index contributed by atoms with van der Waals surface area (Å²) >= 11 is 0. The third kappa shape index (κ3) is 3.70. The van der Waals surface area contributed by atoms with Crippen LogP contribution in [0.25, 0.3) is 0 Å². The SMILES string of the molecule is CCOC(=O)N1CCN(Cc2ccccc2)CC1C. The Kier molecular flexibility index (Phi) is 4.80. The summed E-state index contributed by atoms with van der Waals surface area (Å²) in [7, 11) is 0. The Bertz CT molecular complexity index is 408. The van der Waals surface area contributed by atoms with Crippen LogP contribution in [0.4, 0.5) is 4.79 Å². The van der Waals surface area contributed by atoms with Gasteiger partial charge in [0.2, 0.25) is 0 Å². The Morgan fingerprint density at radius 3 is 2.68 bits per heavy atom. The van der Waals surface area contributed by atoms with E-state index in [0.717, 1.165) is 26.2 Å². The van der Waals surface area contributed by atoms with Crippen LogP contribution < -0.4 is 0 Å². The predicted molar refractivity (Wildman–Crippen MR) is 74.9 cm³/mol. The van der Waals surface area contributed by atoms with Gasteiger partial charge in [0.25, 0.3) is 0 Å². The summed E-state index contributed by atoms with van der Waals surface area (Å²) in [6.45, 7) is 7.85. The number of hydrogen-bond acceptors (Lipinski definition) is 3. The van der Waals surface area contributed by atoms with E-state index in [2.05, 4.69) is 36.1 Å². The number of hydrogen-bond donors (Lipinski definition) is 0. The second-order valence-electron chi connectivity index (χ2n) is 4.96. The lowest BCUT2D eigenvalue weighted by molar-refractivity contribution is 0.0520. The number of ether oxygens (including phenoxy) is 1. The summed E-state index contributed by atoms with van der Waals surface area (Å²) in [6.07, 6.45) is -0.186. The van der Waals surface area contributed by atoms with E-state index >= 15 is 0 Å². The molecule has 0 N–H and O–H groups in total. The molecule has 4 heteroatoms. The van der Waals surface area contributed by atoms with Crippen LogP contribution in [0.3, 0.4) is 0 Å². The molecule has 1 aromatic carbocycles. The van der Waals surface area contributed by atoms with Gasteiger partial charge in [-0.15, -0.1) is 0 Å². The van der Waals surface area contributed by atoms with Gasteiger partial charge in [-0.2, -0.15) is 0 Å². The van der Waals surface area contributed by atoms with Gasteiger partial charge < -0.3 is 9.64 Å². The minimum atomic E-state index is -0.186. The van der Waals surface area contributed by atoms with Crippen LogP contribution in [0.2, 0.25) is 0 Å². The largest absolute Gasteiger partial charge is 0.450 e. The van der Waals surface area contributed by atoms with Crippen LogP contribution >= 0.6 is 0 Å². The molecule has 0 spiro atoms. The number of carbonyl (C=O) groups is 1. The normalized spacial score (nSPS) is 20.3. The summed E-state index contributed by atoms with van der Waals surface area (Å²) in [5.74, 6) is 0. The molecule has 0 aliphatic carbocycles. The van der Waals surface area contributed by atoms with Crippen molar-refractivity contribution in [3.05, 3.63) is 35.9 Å². The summed E-state index contributed by atoms with van der Waals surface area (Å²) in [4.78, 5) is 16.0. The van der Waals surface area contributed by atoms with Gasteiger partial charge in [0.15, 0.2) is 0 Å². The van der Waals surface area contributed by atoms with Crippen molar-refractivity contribution in [2.75, 3.05) is 26.2 Å². The average molecular weight is 262 g/mol. The molecule has 1 aliphatic heterocycles. The fraction of sp³-hybridized carbons (Fsp3) is 0.533. The lowest BCUT2D eigenvalue weighted by Gasteiger charge is -2.39. The lowest BCUT2D eigenvalue weighted by Crippen LogP contribution is -2.53. The Morgan fingerprint density at radius 1 is 1.32 bits per heavy atom. The van der Waals surface area contributed by atoms with Crippen LogP contribution in [0.5, 0.6) is 0 Å². The van der Waals surface area contributed by atoms with Crippen LogP contribution in [0.15, 0.2) is 30.3 Å². The van der Waals surface area contributed by atoms with Crippen molar-refractivity contribution < 1.29 is 9.53 Å². The number of carbonyl (C=O) groups excluding carboxylic acids is 1. The van der Waals surface area contributed by atoms with Crippen LogP contribution in [0.1, 0.15) is 19.4 Å². The van der Waals surface area contributed by atoms with E-state index in [1.54, 1.807) is 0 Å². The number of amides is 1. The Balaban J connectivity index is 1.88. The Morgan fingerprint density at radius 2 is 2.05 bits per heavy atom. The molecule has 2 rings (SSSR count). The van der Waals surface area contributed by atoms with Gasteiger partial charge in [-0.25, -0.2) is 4.79 Å². The van der Waals surface area contributed by atoms with Crippen molar-refractivity contribution in [3.8, 4) is 0 Å². The lowest BCUT2D eigenvalue weighted by atomic mass is 10.1. The van der Waals surface area contributed by atoms with Crippen molar-refractivity contribution in [2.24, 2.45) is 0 Å². The zero-order valence-electron chi connectivity index (χ0n) is 11.7. The molecule has 1 heterocycles. The van der Waals surface area contributed by atoms with Crippen LogP contribution in [-0.2, 0) is 11.3 Å². The van der Waals surface area contributed by atoms with Crippen molar-refractivity contribution in [1.82, 2.24) is 9.80 Å². The van der Waals surface area contributed by atoms with E-state index in [-0.39, 0.29) is 12.1 Å². The molecule has 0 radical (unpaired) electrons. The smallest absolute Gasteiger partial charge is 0.410 e. The topological polar surface area (TPSA) is 32.8 Å². The fourth-order valence-electron chi connectivity index (χ4n) is 2.50. The summed E-state index contributed by atoms with van der Waals surface area (Å²) in [5, 5.41) is 0. The summed E-state index contributed by atoms with van der Waals surface area (Å²) in [5.41, 5.74) is 1.32. The number of piperazine rings is 1. The van der Waals surface area contributed by atoms with Crippen molar-refractivity contribution in [1.29, 1.82) is 0 Å². The highest BCUT2D eigenvalue weighted by molar-refractivity contribution is 5.68. The fourth-order valence-corrected chi connectivity index (χ4v) is 2.50. The molecule has 0 saturated carbocycles. The van der Waals surface area contributed by atoms with Gasteiger partial charge in [-0.3, -0.25) is 4.90 Å². The molecule has 1 saturated heterocycles. The Hall–Kier alpha value is -1.55. The molecule has 0 bridgehead atoms. The third-order valence-corrected chi connectivity index (χ3v) is 3.46.